The fraction of sp³-hybridized carbons (Fsp3) is 0.222. The molecule has 0 fully saturated rings. The van der Waals surface area contributed by atoms with E-state index in [2.05, 4.69) is 25.1 Å². The van der Waals surface area contributed by atoms with Gasteiger partial charge >= 0.3 is 0 Å². The Morgan fingerprint density at radius 1 is 1.04 bits per heavy atom. The molecule has 0 bridgehead atoms. The number of anilines is 2. The Kier molecular flexibility index (Phi) is 5.22. The summed E-state index contributed by atoms with van der Waals surface area (Å²) in [5, 5.41) is 7.24. The molecule has 0 atom stereocenters. The van der Waals surface area contributed by atoms with Gasteiger partial charge in [-0.05, 0) is 51.1 Å². The molecule has 0 saturated carbocycles. The topological polar surface area (TPSA) is 84.7 Å². The zero-order chi connectivity index (χ0) is 18.7. The van der Waals surface area contributed by atoms with Crippen molar-refractivity contribution in [2.45, 2.75) is 20.8 Å². The standard InChI is InChI=1S/C18H20N6OS/c1-11-8-12(2)20-18(19-11)24-13(3)9-16(22-24)17(25)21-14-6-5-7-15(10-14)23-26-4/h5-10,23H,1-4H3,(H,21,25). The molecule has 0 saturated heterocycles. The van der Waals surface area contributed by atoms with Gasteiger partial charge in [0, 0.05) is 34.7 Å². The van der Waals surface area contributed by atoms with Crippen molar-refractivity contribution in [2.75, 3.05) is 16.3 Å². The fourth-order valence-electron chi connectivity index (χ4n) is 2.56. The lowest BCUT2D eigenvalue weighted by atomic mass is 10.2. The Bertz CT molecular complexity index is 932. The zero-order valence-corrected chi connectivity index (χ0v) is 15.9. The SMILES string of the molecule is CSNc1cccc(NC(=O)c2cc(C)n(-c3nc(C)cc(C)n3)n2)c1. The molecule has 0 unspecified atom stereocenters. The van der Waals surface area contributed by atoms with E-state index >= 15 is 0 Å². The minimum absolute atomic E-state index is 0.280. The fourth-order valence-corrected chi connectivity index (χ4v) is 2.93. The summed E-state index contributed by atoms with van der Waals surface area (Å²) in [6.07, 6.45) is 1.94. The quantitative estimate of drug-likeness (QED) is 0.670. The van der Waals surface area contributed by atoms with Crippen LogP contribution in [-0.2, 0) is 0 Å². The van der Waals surface area contributed by atoms with Crippen molar-refractivity contribution in [3.8, 4) is 5.95 Å². The summed E-state index contributed by atoms with van der Waals surface area (Å²) in [4.78, 5) is 21.4. The van der Waals surface area contributed by atoms with Crippen molar-refractivity contribution in [1.82, 2.24) is 19.7 Å². The van der Waals surface area contributed by atoms with Crippen LogP contribution in [0.2, 0.25) is 0 Å². The number of aromatic nitrogens is 4. The van der Waals surface area contributed by atoms with E-state index in [1.54, 1.807) is 10.7 Å². The lowest BCUT2D eigenvalue weighted by Crippen LogP contribution is -2.14. The van der Waals surface area contributed by atoms with Crippen LogP contribution in [0.4, 0.5) is 11.4 Å². The van der Waals surface area contributed by atoms with Crippen LogP contribution in [0.1, 0.15) is 27.6 Å². The van der Waals surface area contributed by atoms with Gasteiger partial charge in [-0.1, -0.05) is 18.0 Å². The maximum Gasteiger partial charge on any atom is 0.276 e. The number of nitrogens with one attached hydrogen (secondary N) is 2. The van der Waals surface area contributed by atoms with Gasteiger partial charge in [0.05, 0.1) is 0 Å². The van der Waals surface area contributed by atoms with Crippen molar-refractivity contribution in [3.63, 3.8) is 0 Å². The summed E-state index contributed by atoms with van der Waals surface area (Å²) in [5.41, 5.74) is 4.43. The Balaban J connectivity index is 1.84. The first kappa shape index (κ1) is 17.9. The normalized spacial score (nSPS) is 10.6. The molecule has 3 rings (SSSR count). The second-order valence-corrected chi connectivity index (χ2v) is 6.49. The first-order chi connectivity index (χ1) is 12.5. The van der Waals surface area contributed by atoms with Crippen LogP contribution in [0.25, 0.3) is 5.95 Å². The van der Waals surface area contributed by atoms with Gasteiger partial charge in [0.2, 0.25) is 0 Å². The van der Waals surface area contributed by atoms with Crippen LogP contribution in [0.5, 0.6) is 0 Å². The number of hydrogen-bond donors (Lipinski definition) is 2. The summed E-state index contributed by atoms with van der Waals surface area (Å²) in [6, 6.07) is 11.1. The number of carbonyl (C=O) groups excluding carboxylic acids is 1. The third kappa shape index (κ3) is 4.02. The van der Waals surface area contributed by atoms with Crippen molar-refractivity contribution >= 4 is 29.2 Å². The van der Waals surface area contributed by atoms with Gasteiger partial charge in [-0.3, -0.25) is 4.79 Å². The molecule has 134 valence electrons. The summed E-state index contributed by atoms with van der Waals surface area (Å²) < 4.78 is 4.72. The number of nitrogens with zero attached hydrogens (tertiary/aromatic N) is 4. The molecule has 2 aromatic heterocycles. The van der Waals surface area contributed by atoms with Gasteiger partial charge in [-0.15, -0.1) is 0 Å². The number of aryl methyl sites for hydroxylation is 3. The van der Waals surface area contributed by atoms with E-state index < -0.39 is 0 Å². The van der Waals surface area contributed by atoms with E-state index in [1.807, 2.05) is 57.4 Å². The molecule has 0 radical (unpaired) electrons. The second-order valence-electron chi connectivity index (χ2n) is 5.87. The van der Waals surface area contributed by atoms with Gasteiger partial charge in [0.15, 0.2) is 5.69 Å². The molecular weight excluding hydrogens is 348 g/mol. The highest BCUT2D eigenvalue weighted by Crippen LogP contribution is 2.18. The largest absolute Gasteiger partial charge is 0.330 e. The van der Waals surface area contributed by atoms with Crippen LogP contribution < -0.4 is 10.0 Å². The predicted molar refractivity (Wildman–Crippen MR) is 105 cm³/mol. The third-order valence-electron chi connectivity index (χ3n) is 3.62. The molecular formula is C18H20N6OS. The zero-order valence-electron chi connectivity index (χ0n) is 15.1. The predicted octanol–water partition coefficient (Wildman–Crippen LogP) is 3.53. The highest BCUT2D eigenvalue weighted by Gasteiger charge is 2.15. The van der Waals surface area contributed by atoms with E-state index in [4.69, 9.17) is 0 Å². The first-order valence-electron chi connectivity index (χ1n) is 8.06. The molecule has 1 aromatic carbocycles. The number of carbonyl (C=O) groups is 1. The highest BCUT2D eigenvalue weighted by atomic mass is 32.2. The summed E-state index contributed by atoms with van der Waals surface area (Å²) in [5.74, 6) is 0.183. The van der Waals surface area contributed by atoms with Gasteiger partial charge < -0.3 is 10.0 Å². The number of benzene rings is 1. The van der Waals surface area contributed by atoms with E-state index in [9.17, 15) is 4.79 Å². The molecule has 8 heteroatoms. The Hall–Kier alpha value is -2.87. The lowest BCUT2D eigenvalue weighted by Gasteiger charge is -2.07. The minimum atomic E-state index is -0.280. The number of amides is 1. The maximum absolute atomic E-state index is 12.6. The molecule has 0 aliphatic heterocycles. The third-order valence-corrected chi connectivity index (χ3v) is 4.06. The maximum atomic E-state index is 12.6. The monoisotopic (exact) mass is 368 g/mol. The van der Waals surface area contributed by atoms with Crippen LogP contribution >= 0.6 is 11.9 Å². The van der Waals surface area contributed by atoms with Crippen molar-refractivity contribution in [2.24, 2.45) is 0 Å². The van der Waals surface area contributed by atoms with Crippen LogP contribution in [0.3, 0.4) is 0 Å². The highest BCUT2D eigenvalue weighted by molar-refractivity contribution is 7.99. The van der Waals surface area contributed by atoms with E-state index in [0.29, 0.717) is 17.3 Å². The average Bonchev–Trinajstić information content (AvgIpc) is 2.97. The van der Waals surface area contributed by atoms with Gasteiger partial charge in [-0.25, -0.2) is 14.6 Å². The van der Waals surface area contributed by atoms with Gasteiger partial charge in [-0.2, -0.15) is 5.10 Å². The van der Waals surface area contributed by atoms with Crippen molar-refractivity contribution in [1.29, 1.82) is 0 Å². The Morgan fingerprint density at radius 3 is 2.42 bits per heavy atom. The minimum Gasteiger partial charge on any atom is -0.330 e. The smallest absolute Gasteiger partial charge is 0.276 e. The van der Waals surface area contributed by atoms with Gasteiger partial charge in [0.1, 0.15) is 0 Å². The van der Waals surface area contributed by atoms with Crippen molar-refractivity contribution in [3.05, 3.63) is 59.2 Å². The lowest BCUT2D eigenvalue weighted by molar-refractivity contribution is 0.102. The first-order valence-corrected chi connectivity index (χ1v) is 9.28. The van der Waals surface area contributed by atoms with E-state index in [-0.39, 0.29) is 5.91 Å². The van der Waals surface area contributed by atoms with Crippen molar-refractivity contribution < 1.29 is 4.79 Å². The molecule has 0 aliphatic rings. The molecule has 2 heterocycles. The van der Waals surface area contributed by atoms with Gasteiger partial charge in [0.25, 0.3) is 11.9 Å². The molecule has 0 spiro atoms. The van der Waals surface area contributed by atoms with E-state index in [0.717, 1.165) is 22.8 Å². The van der Waals surface area contributed by atoms with Crippen LogP contribution in [0.15, 0.2) is 36.4 Å². The summed E-state index contributed by atoms with van der Waals surface area (Å²) in [6.45, 7) is 5.67. The molecule has 1 amide bonds. The molecule has 7 nitrogen and oxygen atoms in total. The summed E-state index contributed by atoms with van der Waals surface area (Å²) >= 11 is 1.49. The molecule has 2 N–H and O–H groups in total. The Morgan fingerprint density at radius 2 is 1.73 bits per heavy atom. The number of rotatable bonds is 5. The van der Waals surface area contributed by atoms with E-state index in [1.165, 1.54) is 11.9 Å². The summed E-state index contributed by atoms with van der Waals surface area (Å²) in [7, 11) is 0. The Labute approximate surface area is 156 Å². The number of hydrogen-bond acceptors (Lipinski definition) is 6. The molecule has 26 heavy (non-hydrogen) atoms. The molecule has 3 aromatic rings. The second kappa shape index (κ2) is 7.57. The van der Waals surface area contributed by atoms with Crippen LogP contribution in [-0.4, -0.2) is 31.9 Å². The average molecular weight is 368 g/mol. The molecule has 0 aliphatic carbocycles. The van der Waals surface area contributed by atoms with Crippen LogP contribution in [0, 0.1) is 20.8 Å².